The van der Waals surface area contributed by atoms with Crippen LogP contribution in [0.1, 0.15) is 27.7 Å². The highest BCUT2D eigenvalue weighted by molar-refractivity contribution is 7.86. The van der Waals surface area contributed by atoms with Gasteiger partial charge in [-0.3, -0.25) is 18.0 Å². The van der Waals surface area contributed by atoms with Gasteiger partial charge >= 0.3 is 23.9 Å². The lowest BCUT2D eigenvalue weighted by Gasteiger charge is -2.29. The maximum absolute atomic E-state index is 12.5. The number of rotatable bonds is 12. The van der Waals surface area contributed by atoms with Crippen LogP contribution in [0.25, 0.3) is 0 Å². The molecule has 0 N–H and O–H groups in total. The Morgan fingerprint density at radius 2 is 1.25 bits per heavy atom. The highest BCUT2D eigenvalue weighted by atomic mass is 32.2. The summed E-state index contributed by atoms with van der Waals surface area (Å²) in [7, 11) is -8.63. The summed E-state index contributed by atoms with van der Waals surface area (Å²) in [5.74, 6) is -4.10. The molecule has 0 bridgehead atoms. The van der Waals surface area contributed by atoms with Crippen molar-refractivity contribution in [2.75, 3.05) is 32.3 Å². The molecule has 1 aliphatic heterocycles. The predicted octanol–water partition coefficient (Wildman–Crippen LogP) is -1.18. The van der Waals surface area contributed by atoms with E-state index >= 15 is 0 Å². The van der Waals surface area contributed by atoms with Crippen molar-refractivity contribution in [3.63, 3.8) is 0 Å². The number of likely N-dealkylation sites (tertiary alicyclic amines) is 1. The monoisotopic (exact) mass is 559 g/mol. The number of nitrogens with zero attached hydrogens (tertiary/aromatic N) is 1. The van der Waals surface area contributed by atoms with Gasteiger partial charge in [0.1, 0.15) is 12.7 Å². The number of esters is 4. The Labute approximate surface area is 208 Å². The van der Waals surface area contributed by atoms with E-state index in [1.807, 2.05) is 0 Å². The Morgan fingerprint density at radius 1 is 0.778 bits per heavy atom. The van der Waals surface area contributed by atoms with Crippen molar-refractivity contribution >= 4 is 44.1 Å². The minimum Gasteiger partial charge on any atom is -0.464 e. The fraction of sp³-hybridized carbons (Fsp3) is 0.684. The van der Waals surface area contributed by atoms with Gasteiger partial charge in [0.15, 0.2) is 11.7 Å². The van der Waals surface area contributed by atoms with Gasteiger partial charge in [0, 0.05) is 20.0 Å². The SMILES string of the molecule is CCOC(=O)C(=CN1[C@@H](COC(C)=O)[C@H](OS(C)(=O)=O)[C@@H](OS(C)(=O)=O)[C@@H]1OC(C)=O)C(=O)OCC. The van der Waals surface area contributed by atoms with Crippen LogP contribution in [0.15, 0.2) is 11.8 Å². The molecule has 0 aromatic rings. The van der Waals surface area contributed by atoms with E-state index in [0.29, 0.717) is 12.5 Å². The minimum atomic E-state index is -4.33. The fourth-order valence-electron chi connectivity index (χ4n) is 3.14. The van der Waals surface area contributed by atoms with Crippen molar-refractivity contribution in [1.29, 1.82) is 0 Å². The van der Waals surface area contributed by atoms with E-state index in [1.165, 1.54) is 13.8 Å². The van der Waals surface area contributed by atoms with Crippen molar-refractivity contribution in [2.24, 2.45) is 0 Å². The van der Waals surface area contributed by atoms with Crippen LogP contribution in [0.5, 0.6) is 0 Å². The van der Waals surface area contributed by atoms with Gasteiger partial charge in [-0.05, 0) is 13.8 Å². The number of hydrogen-bond donors (Lipinski definition) is 0. The molecule has 17 heteroatoms. The van der Waals surface area contributed by atoms with Crippen LogP contribution in [0.4, 0.5) is 0 Å². The average Bonchev–Trinajstić information content (AvgIpc) is 2.93. The highest BCUT2D eigenvalue weighted by Gasteiger charge is 2.55. The molecule has 0 aromatic heterocycles. The van der Waals surface area contributed by atoms with Gasteiger partial charge in [-0.1, -0.05) is 0 Å². The van der Waals surface area contributed by atoms with E-state index in [4.69, 9.17) is 27.3 Å². The molecule has 36 heavy (non-hydrogen) atoms. The lowest BCUT2D eigenvalue weighted by molar-refractivity contribution is -0.159. The molecular formula is C19H29NO14S2. The standard InChI is InChI=1S/C19H29NO14S2/c1-7-29-18(23)13(19(24)30-8-2)9-20-14(10-31-11(3)21)15(33-35(5,25)26)16(34-36(6,27)28)17(20)32-12(4)22/h9,14-17H,7-8,10H2,1-6H3/t14-,15-,16+,17-/m0/s1. The van der Waals surface area contributed by atoms with E-state index in [9.17, 15) is 36.0 Å². The normalized spacial score (nSPS) is 21.9. The average molecular weight is 560 g/mol. The van der Waals surface area contributed by atoms with Gasteiger partial charge in [0.2, 0.25) is 6.23 Å². The van der Waals surface area contributed by atoms with Gasteiger partial charge in [-0.2, -0.15) is 16.8 Å². The molecule has 0 aromatic carbocycles. The van der Waals surface area contributed by atoms with Crippen LogP contribution >= 0.6 is 0 Å². The molecule has 0 aliphatic carbocycles. The maximum Gasteiger partial charge on any atom is 0.347 e. The first-order valence-corrected chi connectivity index (χ1v) is 14.0. The maximum atomic E-state index is 12.5. The van der Waals surface area contributed by atoms with Crippen molar-refractivity contribution in [3.8, 4) is 0 Å². The Kier molecular flexibility index (Phi) is 11.3. The van der Waals surface area contributed by atoms with E-state index in [0.717, 1.165) is 24.9 Å². The zero-order valence-corrected chi connectivity index (χ0v) is 22.1. The van der Waals surface area contributed by atoms with Crippen LogP contribution in [-0.4, -0.2) is 102 Å². The summed E-state index contributed by atoms with van der Waals surface area (Å²) in [5.41, 5.74) is -0.721. The molecule has 1 aliphatic rings. The molecule has 15 nitrogen and oxygen atoms in total. The lowest BCUT2D eigenvalue weighted by atomic mass is 10.1. The molecule has 206 valence electrons. The summed E-state index contributed by atoms with van der Waals surface area (Å²) in [5, 5.41) is 0. The van der Waals surface area contributed by atoms with Crippen molar-refractivity contribution < 1.29 is 63.3 Å². The van der Waals surface area contributed by atoms with Crippen LogP contribution < -0.4 is 0 Å². The number of hydrogen-bond acceptors (Lipinski definition) is 15. The predicted molar refractivity (Wildman–Crippen MR) is 119 cm³/mol. The first kappa shape index (κ1) is 31.3. The summed E-state index contributed by atoms with van der Waals surface area (Å²) in [6.45, 7) is 3.99. The Hall–Kier alpha value is -2.76. The van der Waals surface area contributed by atoms with Gasteiger partial charge in [-0.25, -0.2) is 9.59 Å². The Balaban J connectivity index is 3.86. The van der Waals surface area contributed by atoms with E-state index in [2.05, 4.69) is 0 Å². The summed E-state index contributed by atoms with van der Waals surface area (Å²) in [6, 6.07) is -1.45. The van der Waals surface area contributed by atoms with Gasteiger partial charge in [-0.15, -0.1) is 0 Å². The second-order valence-electron chi connectivity index (χ2n) is 7.33. The first-order valence-electron chi connectivity index (χ1n) is 10.4. The van der Waals surface area contributed by atoms with Crippen LogP contribution in [-0.2, 0) is 66.7 Å². The smallest absolute Gasteiger partial charge is 0.347 e. The Morgan fingerprint density at radius 3 is 1.64 bits per heavy atom. The van der Waals surface area contributed by atoms with E-state index < -0.39 is 80.8 Å². The molecule has 0 radical (unpaired) electrons. The molecule has 0 spiro atoms. The second kappa shape index (κ2) is 13.0. The molecule has 0 saturated carbocycles. The van der Waals surface area contributed by atoms with Gasteiger partial charge < -0.3 is 23.8 Å². The first-order chi connectivity index (χ1) is 16.5. The fourth-order valence-corrected chi connectivity index (χ4v) is 4.39. The van der Waals surface area contributed by atoms with E-state index in [1.54, 1.807) is 0 Å². The third-order valence-corrected chi connectivity index (χ3v) is 5.39. The number of carbonyl (C=O) groups excluding carboxylic acids is 4. The van der Waals surface area contributed by atoms with Gasteiger partial charge in [0.25, 0.3) is 20.2 Å². The van der Waals surface area contributed by atoms with Crippen molar-refractivity contribution in [1.82, 2.24) is 4.90 Å². The topological polar surface area (TPSA) is 195 Å². The van der Waals surface area contributed by atoms with Crippen LogP contribution in [0.2, 0.25) is 0 Å². The van der Waals surface area contributed by atoms with Gasteiger partial charge in [0.05, 0.1) is 31.8 Å². The second-order valence-corrected chi connectivity index (χ2v) is 10.5. The van der Waals surface area contributed by atoms with Crippen molar-refractivity contribution in [2.45, 2.75) is 52.2 Å². The molecule has 0 amide bonds. The zero-order valence-electron chi connectivity index (χ0n) is 20.5. The summed E-state index contributed by atoms with van der Waals surface area (Å²) >= 11 is 0. The number of carbonyl (C=O) groups is 4. The molecule has 1 fully saturated rings. The molecule has 1 saturated heterocycles. The van der Waals surface area contributed by atoms with Crippen molar-refractivity contribution in [3.05, 3.63) is 11.8 Å². The number of ether oxygens (including phenoxy) is 4. The summed E-state index contributed by atoms with van der Waals surface area (Å²) in [4.78, 5) is 49.3. The summed E-state index contributed by atoms with van der Waals surface area (Å²) in [6.07, 6.45) is -3.26. The zero-order chi connectivity index (χ0) is 27.8. The minimum absolute atomic E-state index is 0.139. The molecular weight excluding hydrogens is 530 g/mol. The molecule has 4 atom stereocenters. The highest BCUT2D eigenvalue weighted by Crippen LogP contribution is 2.34. The quantitative estimate of drug-likeness (QED) is 0.0691. The Bertz CT molecular complexity index is 1060. The third kappa shape index (κ3) is 9.71. The third-order valence-electron chi connectivity index (χ3n) is 4.25. The molecule has 0 unspecified atom stereocenters. The molecule has 1 heterocycles. The molecule has 1 rings (SSSR count). The summed E-state index contributed by atoms with van der Waals surface area (Å²) < 4.78 is 77.9. The largest absolute Gasteiger partial charge is 0.464 e. The van der Waals surface area contributed by atoms with Crippen LogP contribution in [0, 0.1) is 0 Å². The van der Waals surface area contributed by atoms with E-state index in [-0.39, 0.29) is 13.2 Å². The lowest BCUT2D eigenvalue weighted by Crippen LogP contribution is -2.42. The van der Waals surface area contributed by atoms with Crippen LogP contribution in [0.3, 0.4) is 0 Å².